The fraction of sp³-hybridized carbons (Fsp3) is 0.740. The highest BCUT2D eigenvalue weighted by atomic mass is 16.6. The molecule has 0 bridgehead atoms. The molecule has 0 saturated heterocycles. The van der Waals surface area contributed by atoms with Crippen molar-refractivity contribution in [3.63, 3.8) is 0 Å². The highest BCUT2D eigenvalue weighted by Gasteiger charge is 2.19. The molecular formula is C73H126O6. The molecule has 0 spiro atoms. The second kappa shape index (κ2) is 66.8. The van der Waals surface area contributed by atoms with Gasteiger partial charge in [0.2, 0.25) is 0 Å². The Morgan fingerprint density at radius 2 is 0.494 bits per heavy atom. The molecule has 1 unspecified atom stereocenters. The van der Waals surface area contributed by atoms with Gasteiger partial charge in [-0.1, -0.05) is 304 Å². The van der Waals surface area contributed by atoms with Crippen molar-refractivity contribution in [2.24, 2.45) is 0 Å². The first-order chi connectivity index (χ1) is 39.0. The topological polar surface area (TPSA) is 78.9 Å². The molecule has 0 amide bonds. The monoisotopic (exact) mass is 1100 g/mol. The third-order valence-electron chi connectivity index (χ3n) is 14.6. The van der Waals surface area contributed by atoms with Crippen LogP contribution in [0.1, 0.15) is 329 Å². The number of allylic oxidation sites excluding steroid dienone is 16. The van der Waals surface area contributed by atoms with Crippen molar-refractivity contribution in [1.29, 1.82) is 0 Å². The van der Waals surface area contributed by atoms with Crippen LogP contribution in [0.3, 0.4) is 0 Å². The number of esters is 3. The summed E-state index contributed by atoms with van der Waals surface area (Å²) < 4.78 is 17.0. The van der Waals surface area contributed by atoms with Crippen molar-refractivity contribution in [1.82, 2.24) is 0 Å². The standard InChI is InChI=1S/C73H126O6/c1-4-7-10-13-16-19-22-25-28-30-32-33-34-35-36-37-38-39-41-42-45-48-51-54-57-60-63-66-72(75)78-69-70(68-77-71(74)65-62-59-56-53-50-47-44-27-24-21-18-15-12-9-6-3)79-73(76)67-64-61-58-55-52-49-46-43-40-31-29-26-23-20-17-14-11-8-5-2/h7,10,16,19,25-26,28-29,32-33,35-36,38-39,42,45,70H,4-6,8-9,11-15,17-18,20-24,27,30-31,34,37,40-41,43-44,46-69H2,1-3H3/b10-7-,19-16-,28-25-,29-26-,33-32-,36-35-,39-38-,45-42-. The minimum atomic E-state index is -0.787. The molecule has 6 heteroatoms. The van der Waals surface area contributed by atoms with E-state index < -0.39 is 6.10 Å². The van der Waals surface area contributed by atoms with Crippen LogP contribution in [0.15, 0.2) is 97.2 Å². The van der Waals surface area contributed by atoms with Crippen molar-refractivity contribution >= 4 is 17.9 Å². The zero-order valence-corrected chi connectivity index (χ0v) is 52.1. The highest BCUT2D eigenvalue weighted by Crippen LogP contribution is 2.17. The first-order valence-corrected chi connectivity index (χ1v) is 33.7. The third kappa shape index (κ3) is 65.0. The molecule has 0 rings (SSSR count). The zero-order chi connectivity index (χ0) is 57.1. The Bertz CT molecular complexity index is 1540. The molecule has 79 heavy (non-hydrogen) atoms. The van der Waals surface area contributed by atoms with Crippen LogP contribution >= 0.6 is 0 Å². The smallest absolute Gasteiger partial charge is 0.306 e. The van der Waals surface area contributed by atoms with Gasteiger partial charge in [-0.05, 0) is 103 Å². The van der Waals surface area contributed by atoms with Crippen LogP contribution in [0.4, 0.5) is 0 Å². The second-order valence-electron chi connectivity index (χ2n) is 22.4. The van der Waals surface area contributed by atoms with E-state index >= 15 is 0 Å². The zero-order valence-electron chi connectivity index (χ0n) is 52.1. The Morgan fingerprint density at radius 1 is 0.266 bits per heavy atom. The Kier molecular flexibility index (Phi) is 63.7. The molecule has 0 aliphatic heterocycles. The number of carbonyl (C=O) groups excluding carboxylic acids is 3. The van der Waals surface area contributed by atoms with E-state index in [0.29, 0.717) is 19.3 Å². The molecule has 0 fully saturated rings. The Labute approximate surface area is 489 Å². The van der Waals surface area contributed by atoms with Gasteiger partial charge in [0, 0.05) is 19.3 Å². The van der Waals surface area contributed by atoms with E-state index in [9.17, 15) is 14.4 Å². The summed E-state index contributed by atoms with van der Waals surface area (Å²) >= 11 is 0. The third-order valence-corrected chi connectivity index (χ3v) is 14.6. The van der Waals surface area contributed by atoms with E-state index in [1.54, 1.807) is 0 Å². The number of unbranched alkanes of at least 4 members (excludes halogenated alkanes) is 34. The maximum atomic E-state index is 12.9. The summed E-state index contributed by atoms with van der Waals surface area (Å²) in [5.41, 5.74) is 0. The van der Waals surface area contributed by atoms with Gasteiger partial charge in [0.15, 0.2) is 6.10 Å². The molecule has 6 nitrogen and oxygen atoms in total. The Hall–Kier alpha value is -3.67. The van der Waals surface area contributed by atoms with Gasteiger partial charge in [0.25, 0.3) is 0 Å². The largest absolute Gasteiger partial charge is 0.462 e. The van der Waals surface area contributed by atoms with E-state index in [2.05, 4.69) is 118 Å². The predicted octanol–water partition coefficient (Wildman–Crippen LogP) is 23.2. The molecule has 0 aromatic rings. The van der Waals surface area contributed by atoms with Crippen LogP contribution in [0.2, 0.25) is 0 Å². The summed E-state index contributed by atoms with van der Waals surface area (Å²) in [6.07, 6.45) is 89.8. The first-order valence-electron chi connectivity index (χ1n) is 33.7. The number of carbonyl (C=O) groups is 3. The first kappa shape index (κ1) is 75.3. The van der Waals surface area contributed by atoms with Crippen molar-refractivity contribution in [2.75, 3.05) is 13.2 Å². The van der Waals surface area contributed by atoms with E-state index in [1.165, 1.54) is 167 Å². The SMILES string of the molecule is CC/C=C\C/C=C\C/C=C\C/C=C\C/C=C\C/C=C\C/C=C\CCCCCCCC(=O)OCC(COC(=O)CCCCCCCCCCCCCCCCC)OC(=O)CCCCCCCCCCC/C=C\CCCCCCCC. The van der Waals surface area contributed by atoms with Crippen LogP contribution in [-0.2, 0) is 28.6 Å². The molecule has 0 aliphatic rings. The molecular weight excluding hydrogens is 973 g/mol. The summed E-state index contributed by atoms with van der Waals surface area (Å²) in [6, 6.07) is 0. The van der Waals surface area contributed by atoms with Crippen LogP contribution in [0.25, 0.3) is 0 Å². The quantitative estimate of drug-likeness (QED) is 0.0261. The van der Waals surface area contributed by atoms with E-state index in [4.69, 9.17) is 14.2 Å². The molecule has 0 aliphatic carbocycles. The lowest BCUT2D eigenvalue weighted by Gasteiger charge is -2.18. The van der Waals surface area contributed by atoms with Gasteiger partial charge in [-0.2, -0.15) is 0 Å². The minimum absolute atomic E-state index is 0.0814. The lowest BCUT2D eigenvalue weighted by molar-refractivity contribution is -0.167. The summed E-state index contributed by atoms with van der Waals surface area (Å²) in [5.74, 6) is -0.889. The minimum Gasteiger partial charge on any atom is -0.462 e. The Balaban J connectivity index is 4.38. The number of hydrogen-bond donors (Lipinski definition) is 0. The van der Waals surface area contributed by atoms with Gasteiger partial charge >= 0.3 is 17.9 Å². The Morgan fingerprint density at radius 3 is 0.785 bits per heavy atom. The van der Waals surface area contributed by atoms with Gasteiger partial charge < -0.3 is 14.2 Å². The van der Waals surface area contributed by atoms with Crippen LogP contribution in [0.5, 0.6) is 0 Å². The molecule has 0 aromatic carbocycles. The van der Waals surface area contributed by atoms with Crippen LogP contribution in [0, 0.1) is 0 Å². The molecule has 454 valence electrons. The van der Waals surface area contributed by atoms with Crippen molar-refractivity contribution < 1.29 is 28.6 Å². The van der Waals surface area contributed by atoms with Crippen molar-refractivity contribution in [3.8, 4) is 0 Å². The summed E-state index contributed by atoms with van der Waals surface area (Å²) in [4.78, 5) is 38.4. The van der Waals surface area contributed by atoms with Gasteiger partial charge in [0.05, 0.1) is 0 Å². The summed E-state index contributed by atoms with van der Waals surface area (Å²) in [7, 11) is 0. The fourth-order valence-corrected chi connectivity index (χ4v) is 9.54. The van der Waals surface area contributed by atoms with Gasteiger partial charge in [-0.15, -0.1) is 0 Å². The van der Waals surface area contributed by atoms with Gasteiger partial charge in [0.1, 0.15) is 13.2 Å². The van der Waals surface area contributed by atoms with Crippen molar-refractivity contribution in [2.45, 2.75) is 335 Å². The number of rotatable bonds is 61. The molecule has 0 N–H and O–H groups in total. The van der Waals surface area contributed by atoms with Crippen molar-refractivity contribution in [3.05, 3.63) is 97.2 Å². The molecule has 0 aromatic heterocycles. The maximum Gasteiger partial charge on any atom is 0.306 e. The highest BCUT2D eigenvalue weighted by molar-refractivity contribution is 5.71. The van der Waals surface area contributed by atoms with E-state index in [1.807, 2.05) is 0 Å². The maximum absolute atomic E-state index is 12.9. The lowest BCUT2D eigenvalue weighted by Crippen LogP contribution is -2.30. The van der Waals surface area contributed by atoms with Gasteiger partial charge in [-0.25, -0.2) is 0 Å². The molecule has 0 saturated carbocycles. The van der Waals surface area contributed by atoms with E-state index in [0.717, 1.165) is 122 Å². The van der Waals surface area contributed by atoms with E-state index in [-0.39, 0.29) is 31.1 Å². The van der Waals surface area contributed by atoms with Crippen LogP contribution in [-0.4, -0.2) is 37.2 Å². The lowest BCUT2D eigenvalue weighted by atomic mass is 10.0. The normalized spacial score (nSPS) is 12.7. The average Bonchev–Trinajstić information content (AvgIpc) is 3.45. The number of ether oxygens (including phenoxy) is 3. The van der Waals surface area contributed by atoms with Gasteiger partial charge in [-0.3, -0.25) is 14.4 Å². The summed E-state index contributed by atoms with van der Waals surface area (Å²) in [5, 5.41) is 0. The molecule has 0 radical (unpaired) electrons. The molecule has 1 atom stereocenters. The predicted molar refractivity (Wildman–Crippen MR) is 344 cm³/mol. The molecule has 0 heterocycles. The number of hydrogen-bond acceptors (Lipinski definition) is 6. The summed E-state index contributed by atoms with van der Waals surface area (Å²) in [6.45, 7) is 6.54. The fourth-order valence-electron chi connectivity index (χ4n) is 9.54. The second-order valence-corrected chi connectivity index (χ2v) is 22.4. The van der Waals surface area contributed by atoms with Crippen LogP contribution < -0.4 is 0 Å². The average molecular weight is 1100 g/mol.